The fourth-order valence-corrected chi connectivity index (χ4v) is 2.43. The van der Waals surface area contributed by atoms with E-state index in [0.717, 1.165) is 18.4 Å². The van der Waals surface area contributed by atoms with Crippen molar-refractivity contribution in [2.75, 3.05) is 0 Å². The van der Waals surface area contributed by atoms with Crippen molar-refractivity contribution in [3.63, 3.8) is 0 Å². The minimum Gasteiger partial charge on any atom is -0.349 e. The molecule has 1 aliphatic carbocycles. The molecule has 1 aromatic heterocycles. The van der Waals surface area contributed by atoms with Crippen LogP contribution in [0, 0.1) is 5.92 Å². The Kier molecular flexibility index (Phi) is 4.13. The molecule has 0 unspecified atom stereocenters. The maximum atomic E-state index is 12.1. The van der Waals surface area contributed by atoms with Crippen LogP contribution in [0.5, 0.6) is 0 Å². The highest BCUT2D eigenvalue weighted by Gasteiger charge is 2.22. The minimum absolute atomic E-state index is 0.0763. The lowest BCUT2D eigenvalue weighted by Crippen LogP contribution is -2.33. The Hall–Kier alpha value is -1.38. The van der Waals surface area contributed by atoms with Crippen LogP contribution in [0.1, 0.15) is 50.6 Å². The fourth-order valence-electron chi connectivity index (χ4n) is 2.43. The second-order valence-corrected chi connectivity index (χ2v) is 4.85. The summed E-state index contributed by atoms with van der Waals surface area (Å²) in [6, 6.07) is 3.98. The van der Waals surface area contributed by atoms with Gasteiger partial charge in [0.2, 0.25) is 5.91 Å². The van der Waals surface area contributed by atoms with Gasteiger partial charge < -0.3 is 5.32 Å². The molecular formula is C14H20N2O. The zero-order valence-electron chi connectivity index (χ0n) is 10.4. The lowest BCUT2D eigenvalue weighted by atomic mass is 9.88. The quantitative estimate of drug-likeness (QED) is 0.870. The van der Waals surface area contributed by atoms with E-state index in [4.69, 9.17) is 0 Å². The first-order valence-corrected chi connectivity index (χ1v) is 6.47. The van der Waals surface area contributed by atoms with Crippen molar-refractivity contribution in [3.05, 3.63) is 30.1 Å². The first-order valence-electron chi connectivity index (χ1n) is 6.47. The van der Waals surface area contributed by atoms with Crippen molar-refractivity contribution in [2.24, 2.45) is 5.92 Å². The zero-order valence-corrected chi connectivity index (χ0v) is 10.4. The SMILES string of the molecule is C[C@H](NC(=O)C1CCCCC1)c1ccncc1. The van der Waals surface area contributed by atoms with E-state index in [9.17, 15) is 4.79 Å². The van der Waals surface area contributed by atoms with Gasteiger partial charge >= 0.3 is 0 Å². The van der Waals surface area contributed by atoms with Gasteiger partial charge in [0, 0.05) is 18.3 Å². The van der Waals surface area contributed by atoms with E-state index in [1.54, 1.807) is 12.4 Å². The molecule has 1 amide bonds. The van der Waals surface area contributed by atoms with Crippen molar-refractivity contribution < 1.29 is 4.79 Å². The van der Waals surface area contributed by atoms with Crippen molar-refractivity contribution in [1.29, 1.82) is 0 Å². The summed E-state index contributed by atoms with van der Waals surface area (Å²) in [4.78, 5) is 16.0. The van der Waals surface area contributed by atoms with Crippen molar-refractivity contribution in [2.45, 2.75) is 45.1 Å². The molecule has 1 atom stereocenters. The maximum absolute atomic E-state index is 12.1. The largest absolute Gasteiger partial charge is 0.349 e. The Morgan fingerprint density at radius 1 is 1.29 bits per heavy atom. The summed E-state index contributed by atoms with van der Waals surface area (Å²) in [5, 5.41) is 3.10. The predicted molar refractivity (Wildman–Crippen MR) is 67.4 cm³/mol. The Bertz CT molecular complexity index is 358. The third kappa shape index (κ3) is 3.29. The number of amides is 1. The molecule has 0 aromatic carbocycles. The summed E-state index contributed by atoms with van der Waals surface area (Å²) < 4.78 is 0. The molecule has 0 saturated heterocycles. The van der Waals surface area contributed by atoms with Gasteiger partial charge in [-0.25, -0.2) is 0 Å². The van der Waals surface area contributed by atoms with Crippen LogP contribution in [0.4, 0.5) is 0 Å². The topological polar surface area (TPSA) is 42.0 Å². The molecule has 0 radical (unpaired) electrons. The number of nitrogens with zero attached hydrogens (tertiary/aromatic N) is 1. The number of pyridine rings is 1. The number of nitrogens with one attached hydrogen (secondary N) is 1. The summed E-state index contributed by atoms with van der Waals surface area (Å²) in [6.07, 6.45) is 9.30. The van der Waals surface area contributed by atoms with Crippen LogP contribution >= 0.6 is 0 Å². The third-order valence-electron chi connectivity index (χ3n) is 3.54. The zero-order chi connectivity index (χ0) is 12.1. The van der Waals surface area contributed by atoms with Crippen molar-refractivity contribution in [3.8, 4) is 0 Å². The number of carbonyl (C=O) groups is 1. The van der Waals surface area contributed by atoms with Crippen LogP contribution in [0.2, 0.25) is 0 Å². The summed E-state index contributed by atoms with van der Waals surface area (Å²) in [5.74, 6) is 0.446. The molecule has 2 rings (SSSR count). The standard InChI is InChI=1S/C14H20N2O/c1-11(12-7-9-15-10-8-12)16-14(17)13-5-3-2-4-6-13/h7-11,13H,2-6H2,1H3,(H,16,17)/t11-/m0/s1. The van der Waals surface area contributed by atoms with E-state index in [1.807, 2.05) is 19.1 Å². The first kappa shape index (κ1) is 12.1. The molecule has 3 heteroatoms. The summed E-state index contributed by atoms with van der Waals surface area (Å²) in [5.41, 5.74) is 1.11. The maximum Gasteiger partial charge on any atom is 0.223 e. The van der Waals surface area contributed by atoms with Gasteiger partial charge in [0.1, 0.15) is 0 Å². The van der Waals surface area contributed by atoms with E-state index < -0.39 is 0 Å². The summed E-state index contributed by atoms with van der Waals surface area (Å²) in [6.45, 7) is 2.02. The molecular weight excluding hydrogens is 212 g/mol. The number of rotatable bonds is 3. The fraction of sp³-hybridized carbons (Fsp3) is 0.571. The van der Waals surface area contributed by atoms with Crippen LogP contribution in [-0.4, -0.2) is 10.9 Å². The molecule has 1 aromatic rings. The van der Waals surface area contributed by atoms with Crippen LogP contribution in [0.15, 0.2) is 24.5 Å². The molecule has 1 saturated carbocycles. The smallest absolute Gasteiger partial charge is 0.223 e. The molecule has 17 heavy (non-hydrogen) atoms. The first-order chi connectivity index (χ1) is 8.27. The van der Waals surface area contributed by atoms with Crippen LogP contribution in [0.3, 0.4) is 0 Å². The van der Waals surface area contributed by atoms with Gasteiger partial charge in [0.25, 0.3) is 0 Å². The number of hydrogen-bond acceptors (Lipinski definition) is 2. The Balaban J connectivity index is 1.89. The normalized spacial score (nSPS) is 18.6. The Labute approximate surface area is 103 Å². The van der Waals surface area contributed by atoms with E-state index in [0.29, 0.717) is 0 Å². The highest BCUT2D eigenvalue weighted by atomic mass is 16.1. The summed E-state index contributed by atoms with van der Waals surface area (Å²) in [7, 11) is 0. The van der Waals surface area contributed by atoms with E-state index in [2.05, 4.69) is 10.3 Å². The minimum atomic E-state index is 0.0763. The molecule has 1 heterocycles. The molecule has 0 aliphatic heterocycles. The van der Waals surface area contributed by atoms with Crippen LogP contribution < -0.4 is 5.32 Å². The van der Waals surface area contributed by atoms with Gasteiger partial charge in [0.05, 0.1) is 6.04 Å². The molecule has 92 valence electrons. The number of carbonyl (C=O) groups excluding carboxylic acids is 1. The molecule has 3 nitrogen and oxygen atoms in total. The number of hydrogen-bond donors (Lipinski definition) is 1. The lowest BCUT2D eigenvalue weighted by Gasteiger charge is -2.23. The van der Waals surface area contributed by atoms with Gasteiger partial charge in [-0.1, -0.05) is 19.3 Å². The van der Waals surface area contributed by atoms with Gasteiger partial charge in [0.15, 0.2) is 0 Å². The molecule has 1 aliphatic rings. The molecule has 1 fully saturated rings. The van der Waals surface area contributed by atoms with Crippen molar-refractivity contribution in [1.82, 2.24) is 10.3 Å². The summed E-state index contributed by atoms with van der Waals surface area (Å²) >= 11 is 0. The monoisotopic (exact) mass is 232 g/mol. The molecule has 1 N–H and O–H groups in total. The van der Waals surface area contributed by atoms with Crippen molar-refractivity contribution >= 4 is 5.91 Å². The molecule has 0 bridgehead atoms. The van der Waals surface area contributed by atoms with Gasteiger partial charge in [-0.2, -0.15) is 0 Å². The Morgan fingerprint density at radius 2 is 1.94 bits per heavy atom. The third-order valence-corrected chi connectivity index (χ3v) is 3.54. The second-order valence-electron chi connectivity index (χ2n) is 4.85. The van der Waals surface area contributed by atoms with Gasteiger partial charge in [-0.05, 0) is 37.5 Å². The highest BCUT2D eigenvalue weighted by Crippen LogP contribution is 2.24. The van der Waals surface area contributed by atoms with Crippen LogP contribution in [0.25, 0.3) is 0 Å². The van der Waals surface area contributed by atoms with Crippen LogP contribution in [-0.2, 0) is 4.79 Å². The van der Waals surface area contributed by atoms with E-state index in [-0.39, 0.29) is 17.9 Å². The lowest BCUT2D eigenvalue weighted by molar-refractivity contribution is -0.126. The molecule has 0 spiro atoms. The van der Waals surface area contributed by atoms with E-state index in [1.165, 1.54) is 19.3 Å². The average Bonchev–Trinajstić information content (AvgIpc) is 2.40. The second kappa shape index (κ2) is 5.80. The average molecular weight is 232 g/mol. The van der Waals surface area contributed by atoms with Gasteiger partial charge in [-0.3, -0.25) is 9.78 Å². The Morgan fingerprint density at radius 3 is 2.59 bits per heavy atom. The predicted octanol–water partition coefficient (Wildman–Crippen LogP) is 2.84. The highest BCUT2D eigenvalue weighted by molar-refractivity contribution is 5.79. The number of aromatic nitrogens is 1. The van der Waals surface area contributed by atoms with Gasteiger partial charge in [-0.15, -0.1) is 0 Å². The van der Waals surface area contributed by atoms with E-state index >= 15 is 0 Å².